The van der Waals surface area contributed by atoms with Crippen molar-refractivity contribution >= 4 is 10.0 Å². The summed E-state index contributed by atoms with van der Waals surface area (Å²) >= 11 is 0. The van der Waals surface area contributed by atoms with Crippen LogP contribution in [0.5, 0.6) is 0 Å². The molecule has 0 aliphatic heterocycles. The van der Waals surface area contributed by atoms with Crippen LogP contribution in [0, 0.1) is 0 Å². The van der Waals surface area contributed by atoms with E-state index < -0.39 is 10.0 Å². The number of nitrogens with one attached hydrogen (secondary N) is 1. The zero-order valence-electron chi connectivity index (χ0n) is 11.5. The third-order valence-corrected chi connectivity index (χ3v) is 4.39. The van der Waals surface area contributed by atoms with Crippen LogP contribution in [0.3, 0.4) is 0 Å². The van der Waals surface area contributed by atoms with Crippen molar-refractivity contribution in [3.05, 3.63) is 48.5 Å². The fourth-order valence-corrected chi connectivity index (χ4v) is 3.04. The van der Waals surface area contributed by atoms with Crippen molar-refractivity contribution in [2.75, 3.05) is 5.75 Å². The quantitative estimate of drug-likeness (QED) is 0.850. The molecule has 1 aromatic carbocycles. The number of imidazole rings is 1. The van der Waals surface area contributed by atoms with Crippen LogP contribution in [0.1, 0.15) is 25.3 Å². The molecule has 0 radical (unpaired) electrons. The second-order valence-electron chi connectivity index (χ2n) is 4.63. The van der Waals surface area contributed by atoms with Crippen molar-refractivity contribution in [3.8, 4) is 5.69 Å². The Morgan fingerprint density at radius 1 is 1.35 bits per heavy atom. The van der Waals surface area contributed by atoms with Crippen molar-refractivity contribution < 1.29 is 8.42 Å². The largest absolute Gasteiger partial charge is 0.306 e. The number of aromatic nitrogens is 2. The van der Waals surface area contributed by atoms with Gasteiger partial charge >= 0.3 is 0 Å². The molecule has 20 heavy (non-hydrogen) atoms. The molecule has 0 aliphatic rings. The lowest BCUT2D eigenvalue weighted by molar-refractivity contribution is 0.578. The molecular weight excluding hydrogens is 274 g/mol. The van der Waals surface area contributed by atoms with Crippen LogP contribution >= 0.6 is 0 Å². The monoisotopic (exact) mass is 293 g/mol. The molecular formula is C14H19N3O2S. The minimum atomic E-state index is -3.18. The number of benzene rings is 1. The molecule has 1 N–H and O–H groups in total. The van der Waals surface area contributed by atoms with Gasteiger partial charge in [0, 0.05) is 24.6 Å². The van der Waals surface area contributed by atoms with Gasteiger partial charge in [-0.25, -0.2) is 18.1 Å². The zero-order chi connectivity index (χ0) is 14.4. The SMILES string of the molecule is CCCCS(=O)(=O)NCc1cccc(-n2ccnc2)c1. The van der Waals surface area contributed by atoms with Gasteiger partial charge in [-0.3, -0.25) is 0 Å². The number of unbranched alkanes of at least 4 members (excludes halogenated alkanes) is 1. The first-order valence-corrected chi connectivity index (χ1v) is 8.30. The minimum absolute atomic E-state index is 0.185. The number of nitrogens with zero attached hydrogens (tertiary/aromatic N) is 2. The fraction of sp³-hybridized carbons (Fsp3) is 0.357. The summed E-state index contributed by atoms with van der Waals surface area (Å²) in [6, 6.07) is 7.72. The summed E-state index contributed by atoms with van der Waals surface area (Å²) < 4.78 is 28.0. The predicted molar refractivity (Wildman–Crippen MR) is 79.1 cm³/mol. The van der Waals surface area contributed by atoms with Crippen LogP contribution in [0.4, 0.5) is 0 Å². The van der Waals surface area contributed by atoms with Crippen LogP contribution in [-0.4, -0.2) is 23.7 Å². The van der Waals surface area contributed by atoms with Gasteiger partial charge in [-0.15, -0.1) is 0 Å². The van der Waals surface area contributed by atoms with Crippen LogP contribution < -0.4 is 4.72 Å². The van der Waals surface area contributed by atoms with Crippen molar-refractivity contribution in [3.63, 3.8) is 0 Å². The Kier molecular flexibility index (Phi) is 4.92. The van der Waals surface area contributed by atoms with Gasteiger partial charge in [-0.2, -0.15) is 0 Å². The molecule has 0 fully saturated rings. The Morgan fingerprint density at radius 3 is 2.90 bits per heavy atom. The molecule has 0 saturated carbocycles. The van der Waals surface area contributed by atoms with E-state index in [1.54, 1.807) is 12.5 Å². The lowest BCUT2D eigenvalue weighted by Crippen LogP contribution is -2.25. The Hall–Kier alpha value is -1.66. The Bertz CT molecular complexity index is 636. The molecule has 0 aliphatic carbocycles. The Labute approximate surface area is 119 Å². The molecule has 108 valence electrons. The summed E-state index contributed by atoms with van der Waals surface area (Å²) in [5, 5.41) is 0. The third-order valence-electron chi connectivity index (χ3n) is 2.98. The maximum atomic E-state index is 11.8. The molecule has 0 saturated heterocycles. The third kappa shape index (κ3) is 4.18. The lowest BCUT2D eigenvalue weighted by Gasteiger charge is -2.08. The molecule has 0 amide bonds. The van der Waals surface area contributed by atoms with Crippen LogP contribution in [0.2, 0.25) is 0 Å². The van der Waals surface area contributed by atoms with E-state index in [0.717, 1.165) is 17.7 Å². The highest BCUT2D eigenvalue weighted by molar-refractivity contribution is 7.89. The van der Waals surface area contributed by atoms with Gasteiger partial charge in [0.1, 0.15) is 0 Å². The van der Waals surface area contributed by atoms with Crippen LogP contribution in [0.15, 0.2) is 43.0 Å². The van der Waals surface area contributed by atoms with Gasteiger partial charge in [0.05, 0.1) is 12.1 Å². The number of hydrogen-bond donors (Lipinski definition) is 1. The number of rotatable bonds is 7. The Balaban J connectivity index is 2.02. The van der Waals surface area contributed by atoms with Crippen LogP contribution in [0.25, 0.3) is 5.69 Å². The first-order chi connectivity index (χ1) is 9.61. The highest BCUT2D eigenvalue weighted by Crippen LogP contribution is 2.10. The van der Waals surface area contributed by atoms with Gasteiger partial charge in [-0.1, -0.05) is 25.5 Å². The molecule has 0 atom stereocenters. The lowest BCUT2D eigenvalue weighted by atomic mass is 10.2. The van der Waals surface area contributed by atoms with Crippen LogP contribution in [-0.2, 0) is 16.6 Å². The second-order valence-corrected chi connectivity index (χ2v) is 6.56. The van der Waals surface area contributed by atoms with Gasteiger partial charge in [-0.05, 0) is 24.1 Å². The molecule has 2 aromatic rings. The highest BCUT2D eigenvalue weighted by atomic mass is 32.2. The second kappa shape index (κ2) is 6.67. The van der Waals surface area contributed by atoms with E-state index in [4.69, 9.17) is 0 Å². The zero-order valence-corrected chi connectivity index (χ0v) is 12.3. The number of sulfonamides is 1. The first kappa shape index (κ1) is 14.7. The molecule has 6 heteroatoms. The first-order valence-electron chi connectivity index (χ1n) is 6.65. The van der Waals surface area contributed by atoms with Gasteiger partial charge < -0.3 is 4.57 Å². The van der Waals surface area contributed by atoms with Crippen molar-refractivity contribution in [2.45, 2.75) is 26.3 Å². The van der Waals surface area contributed by atoms with E-state index in [9.17, 15) is 8.42 Å². The van der Waals surface area contributed by atoms with E-state index in [1.807, 2.05) is 42.0 Å². The smallest absolute Gasteiger partial charge is 0.211 e. The molecule has 1 heterocycles. The minimum Gasteiger partial charge on any atom is -0.306 e. The summed E-state index contributed by atoms with van der Waals surface area (Å²) in [5.74, 6) is 0.185. The topological polar surface area (TPSA) is 64.0 Å². The molecule has 2 rings (SSSR count). The highest BCUT2D eigenvalue weighted by Gasteiger charge is 2.09. The average molecular weight is 293 g/mol. The Morgan fingerprint density at radius 2 is 2.20 bits per heavy atom. The van der Waals surface area contributed by atoms with Crippen molar-refractivity contribution in [1.82, 2.24) is 14.3 Å². The molecule has 0 spiro atoms. The molecule has 0 bridgehead atoms. The predicted octanol–water partition coefficient (Wildman–Crippen LogP) is 2.09. The van der Waals surface area contributed by atoms with E-state index in [0.29, 0.717) is 13.0 Å². The normalized spacial score (nSPS) is 11.7. The van der Waals surface area contributed by atoms with Gasteiger partial charge in [0.2, 0.25) is 10.0 Å². The van der Waals surface area contributed by atoms with Gasteiger partial charge in [0.25, 0.3) is 0 Å². The summed E-state index contributed by atoms with van der Waals surface area (Å²) in [5.41, 5.74) is 1.89. The van der Waals surface area contributed by atoms with E-state index in [2.05, 4.69) is 9.71 Å². The maximum Gasteiger partial charge on any atom is 0.211 e. The average Bonchev–Trinajstić information content (AvgIpc) is 2.98. The summed E-state index contributed by atoms with van der Waals surface area (Å²) in [4.78, 5) is 4.00. The number of hydrogen-bond acceptors (Lipinski definition) is 3. The maximum absolute atomic E-state index is 11.8. The standard InChI is InChI=1S/C14H19N3O2S/c1-2-3-9-20(18,19)16-11-13-5-4-6-14(10-13)17-8-7-15-12-17/h4-8,10,12,16H,2-3,9,11H2,1H3. The summed E-state index contributed by atoms with van der Waals surface area (Å²) in [6.07, 6.45) is 6.83. The van der Waals surface area contributed by atoms with Gasteiger partial charge in [0.15, 0.2) is 0 Å². The van der Waals surface area contributed by atoms with Crippen molar-refractivity contribution in [2.24, 2.45) is 0 Å². The van der Waals surface area contributed by atoms with E-state index in [-0.39, 0.29) is 5.75 Å². The fourth-order valence-electron chi connectivity index (χ4n) is 1.84. The molecule has 5 nitrogen and oxygen atoms in total. The molecule has 1 aromatic heterocycles. The van der Waals surface area contributed by atoms with E-state index in [1.165, 1.54) is 0 Å². The van der Waals surface area contributed by atoms with E-state index >= 15 is 0 Å². The van der Waals surface area contributed by atoms with Crippen molar-refractivity contribution in [1.29, 1.82) is 0 Å². The molecule has 0 unspecified atom stereocenters. The summed E-state index contributed by atoms with van der Waals surface area (Å²) in [6.45, 7) is 2.29. The summed E-state index contributed by atoms with van der Waals surface area (Å²) in [7, 11) is -3.18.